The van der Waals surface area contributed by atoms with Crippen molar-refractivity contribution < 1.29 is 23.1 Å². The van der Waals surface area contributed by atoms with Crippen LogP contribution in [0.15, 0.2) is 36.0 Å². The number of amides is 1. The zero-order valence-electron chi connectivity index (χ0n) is 10.9. The molecule has 1 atom stereocenters. The number of hydrogen-bond donors (Lipinski definition) is 2. The van der Waals surface area contributed by atoms with Crippen LogP contribution in [-0.2, 0) is 0 Å². The van der Waals surface area contributed by atoms with Gasteiger partial charge in [0.25, 0.3) is 11.6 Å². The molecule has 1 unspecified atom stereocenters. The van der Waals surface area contributed by atoms with Crippen molar-refractivity contribution in [3.63, 3.8) is 0 Å². The van der Waals surface area contributed by atoms with E-state index in [-0.39, 0.29) is 16.3 Å². The fourth-order valence-electron chi connectivity index (χ4n) is 1.95. The molecule has 1 aromatic rings. The van der Waals surface area contributed by atoms with Gasteiger partial charge in [-0.05, 0) is 31.2 Å². The third-order valence-corrected chi connectivity index (χ3v) is 3.41. The highest BCUT2D eigenvalue weighted by molar-refractivity contribution is 6.30. The SMILES string of the molecule is CC=C1CC(O)(C(F)(F)F)N(C(=O)c2ccc(Cl)cc2)N1. The maximum Gasteiger partial charge on any atom is 0.438 e. The van der Waals surface area contributed by atoms with Crippen molar-refractivity contribution in [1.82, 2.24) is 10.4 Å². The first-order valence-corrected chi connectivity index (χ1v) is 6.38. The summed E-state index contributed by atoms with van der Waals surface area (Å²) in [6.07, 6.45) is -4.37. The van der Waals surface area contributed by atoms with Gasteiger partial charge in [-0.15, -0.1) is 0 Å². The highest BCUT2D eigenvalue weighted by Gasteiger charge is 2.63. The predicted molar refractivity (Wildman–Crippen MR) is 70.1 cm³/mol. The largest absolute Gasteiger partial charge is 0.438 e. The summed E-state index contributed by atoms with van der Waals surface area (Å²) in [5.74, 6) is -0.997. The van der Waals surface area contributed by atoms with Gasteiger partial charge in [0.15, 0.2) is 0 Å². The van der Waals surface area contributed by atoms with Crippen molar-refractivity contribution in [1.29, 1.82) is 0 Å². The molecule has 0 aromatic heterocycles. The van der Waals surface area contributed by atoms with E-state index in [0.29, 0.717) is 5.02 Å². The first kappa shape index (κ1) is 15.7. The Bertz CT molecular complexity index is 586. The summed E-state index contributed by atoms with van der Waals surface area (Å²) < 4.78 is 39.3. The van der Waals surface area contributed by atoms with Gasteiger partial charge in [0.05, 0.1) is 0 Å². The molecule has 114 valence electrons. The van der Waals surface area contributed by atoms with E-state index >= 15 is 0 Å². The standard InChI is InChI=1S/C13H12ClF3N2O2/c1-2-10-7-12(21,13(15,16)17)19(18-10)11(20)8-3-5-9(14)6-4-8/h2-6,18,21H,7H2,1H3. The van der Waals surface area contributed by atoms with E-state index in [0.717, 1.165) is 0 Å². The van der Waals surface area contributed by atoms with Crippen LogP contribution in [0.5, 0.6) is 0 Å². The van der Waals surface area contributed by atoms with Crippen LogP contribution in [0.2, 0.25) is 5.02 Å². The van der Waals surface area contributed by atoms with Gasteiger partial charge >= 0.3 is 6.18 Å². The first-order valence-electron chi connectivity index (χ1n) is 6.00. The summed E-state index contributed by atoms with van der Waals surface area (Å²) in [7, 11) is 0. The van der Waals surface area contributed by atoms with Crippen molar-refractivity contribution in [2.75, 3.05) is 0 Å². The minimum atomic E-state index is -4.99. The monoisotopic (exact) mass is 320 g/mol. The Kier molecular flexibility index (Phi) is 3.90. The van der Waals surface area contributed by atoms with Crippen LogP contribution < -0.4 is 5.43 Å². The lowest BCUT2D eigenvalue weighted by Gasteiger charge is -2.33. The number of hydrogen-bond acceptors (Lipinski definition) is 3. The molecule has 0 aliphatic carbocycles. The fourth-order valence-corrected chi connectivity index (χ4v) is 2.08. The predicted octanol–water partition coefficient (Wildman–Crippen LogP) is 2.85. The maximum absolute atomic E-state index is 13.1. The molecule has 1 aliphatic heterocycles. The van der Waals surface area contributed by atoms with E-state index in [1.54, 1.807) is 0 Å². The number of carbonyl (C=O) groups is 1. The summed E-state index contributed by atoms with van der Waals surface area (Å²) >= 11 is 5.67. The molecule has 2 N–H and O–H groups in total. The van der Waals surface area contributed by atoms with E-state index in [2.05, 4.69) is 5.43 Å². The first-order chi connectivity index (χ1) is 9.69. The summed E-state index contributed by atoms with van der Waals surface area (Å²) in [6.45, 7) is 1.51. The van der Waals surface area contributed by atoms with Crippen molar-refractivity contribution in [2.24, 2.45) is 0 Å². The molecule has 1 saturated heterocycles. The number of aliphatic hydroxyl groups is 1. The molecule has 1 heterocycles. The number of halogens is 4. The van der Waals surface area contributed by atoms with E-state index in [1.165, 1.54) is 37.3 Å². The molecule has 21 heavy (non-hydrogen) atoms. The van der Waals surface area contributed by atoms with Crippen molar-refractivity contribution in [3.8, 4) is 0 Å². The van der Waals surface area contributed by atoms with Gasteiger partial charge < -0.3 is 5.11 Å². The van der Waals surface area contributed by atoms with Crippen LogP contribution in [0, 0.1) is 0 Å². The number of benzene rings is 1. The van der Waals surface area contributed by atoms with Gasteiger partial charge in [-0.3, -0.25) is 10.2 Å². The molecular weight excluding hydrogens is 309 g/mol. The Morgan fingerprint density at radius 2 is 2.00 bits per heavy atom. The van der Waals surface area contributed by atoms with Gasteiger partial charge in [0.2, 0.25) is 0 Å². The molecule has 1 aliphatic rings. The lowest BCUT2D eigenvalue weighted by Crippen LogP contribution is -2.59. The van der Waals surface area contributed by atoms with E-state index < -0.39 is 24.2 Å². The zero-order valence-corrected chi connectivity index (χ0v) is 11.7. The summed E-state index contributed by atoms with van der Waals surface area (Å²) in [5.41, 5.74) is -0.906. The maximum atomic E-state index is 13.1. The number of nitrogens with zero attached hydrogens (tertiary/aromatic N) is 1. The number of alkyl halides is 3. The number of carbonyl (C=O) groups excluding carboxylic acids is 1. The highest BCUT2D eigenvalue weighted by atomic mass is 35.5. The fraction of sp³-hybridized carbons (Fsp3) is 0.308. The highest BCUT2D eigenvalue weighted by Crippen LogP contribution is 2.41. The second-order valence-electron chi connectivity index (χ2n) is 4.56. The Balaban J connectivity index is 2.40. The summed E-state index contributed by atoms with van der Waals surface area (Å²) in [6, 6.07) is 5.34. The van der Waals surface area contributed by atoms with Crippen LogP contribution in [0.4, 0.5) is 13.2 Å². The minimum Gasteiger partial charge on any atom is -0.362 e. The third kappa shape index (κ3) is 2.71. The van der Waals surface area contributed by atoms with Crippen molar-refractivity contribution in [3.05, 3.63) is 46.6 Å². The van der Waals surface area contributed by atoms with E-state index in [9.17, 15) is 23.1 Å². The van der Waals surface area contributed by atoms with Gasteiger partial charge in [0, 0.05) is 22.7 Å². The lowest BCUT2D eigenvalue weighted by molar-refractivity contribution is -0.299. The van der Waals surface area contributed by atoms with Crippen LogP contribution in [-0.4, -0.2) is 27.9 Å². The number of hydrazine groups is 1. The van der Waals surface area contributed by atoms with Crippen LogP contribution in [0.1, 0.15) is 23.7 Å². The molecule has 1 amide bonds. The number of nitrogens with one attached hydrogen (secondary N) is 1. The second-order valence-corrected chi connectivity index (χ2v) is 5.00. The number of rotatable bonds is 1. The van der Waals surface area contributed by atoms with Crippen LogP contribution in [0.3, 0.4) is 0 Å². The van der Waals surface area contributed by atoms with Gasteiger partial charge in [-0.2, -0.15) is 13.2 Å². The zero-order chi connectivity index (χ0) is 15.8. The summed E-state index contributed by atoms with van der Waals surface area (Å²) in [5, 5.41) is 10.5. The second kappa shape index (κ2) is 5.23. The lowest BCUT2D eigenvalue weighted by atomic mass is 10.1. The molecule has 0 spiro atoms. The Morgan fingerprint density at radius 1 is 1.43 bits per heavy atom. The molecule has 8 heteroatoms. The molecule has 4 nitrogen and oxygen atoms in total. The van der Waals surface area contributed by atoms with Gasteiger partial charge in [0.1, 0.15) is 0 Å². The smallest absolute Gasteiger partial charge is 0.362 e. The van der Waals surface area contributed by atoms with Gasteiger partial charge in [-0.1, -0.05) is 17.7 Å². The molecule has 0 saturated carbocycles. The topological polar surface area (TPSA) is 52.6 Å². The molecule has 2 rings (SSSR count). The number of allylic oxidation sites excluding steroid dienone is 1. The summed E-state index contributed by atoms with van der Waals surface area (Å²) in [4.78, 5) is 12.2. The normalized spacial score (nSPS) is 24.3. The van der Waals surface area contributed by atoms with Crippen molar-refractivity contribution in [2.45, 2.75) is 25.2 Å². The van der Waals surface area contributed by atoms with E-state index in [1.807, 2.05) is 0 Å². The Morgan fingerprint density at radius 3 is 2.48 bits per heavy atom. The average Bonchev–Trinajstić information content (AvgIpc) is 2.77. The Hall–Kier alpha value is -1.73. The molecule has 1 fully saturated rings. The Labute approximate surface area is 123 Å². The quantitative estimate of drug-likeness (QED) is 0.836. The molecular formula is C13H12ClF3N2O2. The van der Waals surface area contributed by atoms with E-state index in [4.69, 9.17) is 11.6 Å². The van der Waals surface area contributed by atoms with Gasteiger partial charge in [-0.25, -0.2) is 5.01 Å². The van der Waals surface area contributed by atoms with Crippen LogP contribution >= 0.6 is 11.6 Å². The molecule has 0 bridgehead atoms. The average molecular weight is 321 g/mol. The molecule has 0 radical (unpaired) electrons. The van der Waals surface area contributed by atoms with Crippen molar-refractivity contribution >= 4 is 17.5 Å². The third-order valence-electron chi connectivity index (χ3n) is 3.16. The minimum absolute atomic E-state index is 0.0214. The molecule has 1 aromatic carbocycles. The van der Waals surface area contributed by atoms with Crippen LogP contribution in [0.25, 0.3) is 0 Å².